The summed E-state index contributed by atoms with van der Waals surface area (Å²) in [4.78, 5) is 0. The second kappa shape index (κ2) is 5.54. The van der Waals surface area contributed by atoms with E-state index in [4.69, 9.17) is 0 Å². The van der Waals surface area contributed by atoms with E-state index in [0.717, 1.165) is 25.2 Å². The van der Waals surface area contributed by atoms with Gasteiger partial charge in [0.25, 0.3) is 0 Å². The highest BCUT2D eigenvalue weighted by Crippen LogP contribution is 2.50. The third-order valence-corrected chi connectivity index (χ3v) is 8.02. The first kappa shape index (κ1) is 15.3. The van der Waals surface area contributed by atoms with E-state index >= 15 is 0 Å². The smallest absolute Gasteiger partial charge is 0.159 e. The molecule has 3 nitrogen and oxygen atoms in total. The van der Waals surface area contributed by atoms with Crippen LogP contribution >= 0.6 is 0 Å². The van der Waals surface area contributed by atoms with E-state index in [1.807, 2.05) is 13.0 Å². The second-order valence-corrected chi connectivity index (χ2v) is 9.89. The van der Waals surface area contributed by atoms with Crippen molar-refractivity contribution in [2.75, 3.05) is 13.1 Å². The normalized spacial score (nSPS) is 27.6. The van der Waals surface area contributed by atoms with Crippen molar-refractivity contribution >= 4 is 9.84 Å². The first-order valence-corrected chi connectivity index (χ1v) is 9.83. The topological polar surface area (TPSA) is 46.2 Å². The summed E-state index contributed by atoms with van der Waals surface area (Å²) in [5.41, 5.74) is 1.91. The van der Waals surface area contributed by atoms with E-state index in [2.05, 4.69) is 24.4 Å². The zero-order valence-electron chi connectivity index (χ0n) is 13.1. The van der Waals surface area contributed by atoms with Crippen LogP contribution in [0.25, 0.3) is 0 Å². The molecule has 1 N–H and O–H groups in total. The quantitative estimate of drug-likeness (QED) is 0.767. The van der Waals surface area contributed by atoms with Crippen LogP contribution in [-0.2, 0) is 9.84 Å². The lowest BCUT2D eigenvalue weighted by atomic mass is 9.57. The van der Waals surface area contributed by atoms with E-state index in [1.165, 1.54) is 31.5 Å². The van der Waals surface area contributed by atoms with Crippen molar-refractivity contribution in [2.24, 2.45) is 11.3 Å². The zero-order chi connectivity index (χ0) is 15.1. The molecule has 21 heavy (non-hydrogen) atoms. The highest BCUT2D eigenvalue weighted by atomic mass is 32.2. The fourth-order valence-electron chi connectivity index (χ4n) is 3.76. The van der Waals surface area contributed by atoms with Crippen LogP contribution in [-0.4, -0.2) is 32.0 Å². The summed E-state index contributed by atoms with van der Waals surface area (Å²) in [5, 5.41) is 2.96. The van der Waals surface area contributed by atoms with Gasteiger partial charge in [0.2, 0.25) is 0 Å². The third-order valence-electron chi connectivity index (χ3n) is 5.43. The molecule has 1 saturated heterocycles. The minimum absolute atomic E-state index is 0.0659. The van der Waals surface area contributed by atoms with Crippen LogP contribution in [0.1, 0.15) is 46.0 Å². The molecule has 0 aromatic heterocycles. The van der Waals surface area contributed by atoms with Crippen LogP contribution < -0.4 is 5.32 Å². The molecule has 1 spiro atoms. The first-order valence-electron chi connectivity index (χ1n) is 8.22. The van der Waals surface area contributed by atoms with Crippen molar-refractivity contribution in [3.63, 3.8) is 0 Å². The number of allylic oxidation sites excluding steroid dienone is 3. The van der Waals surface area contributed by atoms with Crippen LogP contribution in [0.15, 0.2) is 23.8 Å². The number of rotatable bonds is 6. The Hall–Kier alpha value is -0.610. The zero-order valence-corrected chi connectivity index (χ0v) is 14.0. The van der Waals surface area contributed by atoms with Gasteiger partial charge in [-0.2, -0.15) is 0 Å². The van der Waals surface area contributed by atoms with Crippen molar-refractivity contribution in [3.8, 4) is 0 Å². The summed E-state index contributed by atoms with van der Waals surface area (Å²) >= 11 is 0. The second-order valence-electron chi connectivity index (χ2n) is 7.30. The molecule has 0 aromatic carbocycles. The van der Waals surface area contributed by atoms with Gasteiger partial charge < -0.3 is 5.32 Å². The number of sulfone groups is 1. The highest BCUT2D eigenvalue weighted by molar-refractivity contribution is 7.93. The molecule has 1 heterocycles. The lowest BCUT2D eigenvalue weighted by Gasteiger charge is -2.54. The molecule has 0 bridgehead atoms. The largest absolute Gasteiger partial charge is 0.316 e. The molecular weight excluding hydrogens is 282 g/mol. The van der Waals surface area contributed by atoms with Gasteiger partial charge in [-0.05, 0) is 57.3 Å². The van der Waals surface area contributed by atoms with Gasteiger partial charge in [0.1, 0.15) is 0 Å². The Morgan fingerprint density at radius 2 is 2.00 bits per heavy atom. The molecule has 2 aliphatic carbocycles. The Morgan fingerprint density at radius 3 is 2.48 bits per heavy atom. The number of hydrogen-bond acceptors (Lipinski definition) is 3. The Balaban J connectivity index is 1.51. The average molecular weight is 309 g/mol. The Bertz CT molecular complexity index is 545. The highest BCUT2D eigenvalue weighted by Gasteiger charge is 2.47. The Kier molecular flexibility index (Phi) is 4.04. The fraction of sp³-hybridized carbons (Fsp3) is 0.765. The van der Waals surface area contributed by atoms with Crippen LogP contribution in [0, 0.1) is 11.3 Å². The molecule has 3 aliphatic rings. The number of hydrogen-bond donors (Lipinski definition) is 1. The first-order chi connectivity index (χ1) is 9.95. The summed E-state index contributed by atoms with van der Waals surface area (Å²) in [5.74, 6) is 0.790. The van der Waals surface area contributed by atoms with Gasteiger partial charge in [-0.3, -0.25) is 0 Å². The van der Waals surface area contributed by atoms with E-state index < -0.39 is 9.84 Å². The van der Waals surface area contributed by atoms with Gasteiger partial charge in [-0.25, -0.2) is 8.42 Å². The van der Waals surface area contributed by atoms with Gasteiger partial charge >= 0.3 is 0 Å². The molecule has 1 unspecified atom stereocenters. The van der Waals surface area contributed by atoms with Gasteiger partial charge in [0.05, 0.1) is 10.5 Å². The molecule has 118 valence electrons. The van der Waals surface area contributed by atoms with Crippen molar-refractivity contribution in [1.29, 1.82) is 0 Å². The lowest BCUT2D eigenvalue weighted by Crippen LogP contribution is -2.60. The van der Waals surface area contributed by atoms with Gasteiger partial charge in [0, 0.05) is 13.1 Å². The van der Waals surface area contributed by atoms with Crippen LogP contribution in [0.4, 0.5) is 0 Å². The molecule has 4 heteroatoms. The standard InChI is InChI=1S/C17H27NO2S/c1-3-14(8-15-9-17(10-15)11-18-12-17)5-4-13(2)21(19,20)16-6-7-16/h3-5,13,15-16,18H,6-12H2,1-2H3/b5-4-,14-3+. The van der Waals surface area contributed by atoms with Crippen molar-refractivity contribution in [3.05, 3.63) is 23.8 Å². The van der Waals surface area contributed by atoms with Crippen LogP contribution in [0.2, 0.25) is 0 Å². The monoisotopic (exact) mass is 309 g/mol. The SMILES string of the molecule is C/C=C(\C=C/C(C)S(=O)(=O)C1CC1)CC1CC2(CNC2)C1. The molecule has 1 aliphatic heterocycles. The molecule has 0 radical (unpaired) electrons. The summed E-state index contributed by atoms with van der Waals surface area (Å²) in [6, 6.07) is 0. The van der Waals surface area contributed by atoms with E-state index in [9.17, 15) is 8.42 Å². The molecule has 1 atom stereocenters. The van der Waals surface area contributed by atoms with E-state index in [-0.39, 0.29) is 10.5 Å². The Morgan fingerprint density at radius 1 is 1.33 bits per heavy atom. The summed E-state index contributed by atoms with van der Waals surface area (Å²) in [6.07, 6.45) is 11.6. The summed E-state index contributed by atoms with van der Waals surface area (Å²) in [7, 11) is -2.93. The van der Waals surface area contributed by atoms with Gasteiger partial charge in [-0.15, -0.1) is 0 Å². The van der Waals surface area contributed by atoms with Gasteiger partial charge in [0.15, 0.2) is 9.84 Å². The molecule has 3 rings (SSSR count). The van der Waals surface area contributed by atoms with E-state index in [1.54, 1.807) is 0 Å². The van der Waals surface area contributed by atoms with Crippen LogP contribution in [0.3, 0.4) is 0 Å². The van der Waals surface area contributed by atoms with Crippen LogP contribution in [0.5, 0.6) is 0 Å². The predicted molar refractivity (Wildman–Crippen MR) is 86.9 cm³/mol. The third kappa shape index (κ3) is 3.11. The molecule has 2 saturated carbocycles. The average Bonchev–Trinajstić information content (AvgIpc) is 3.18. The number of nitrogens with one attached hydrogen (secondary N) is 1. The molecule has 3 fully saturated rings. The maximum Gasteiger partial charge on any atom is 0.159 e. The summed E-state index contributed by atoms with van der Waals surface area (Å²) in [6.45, 7) is 6.26. The van der Waals surface area contributed by atoms with Crippen molar-refractivity contribution in [1.82, 2.24) is 5.32 Å². The van der Waals surface area contributed by atoms with Crippen molar-refractivity contribution in [2.45, 2.75) is 56.5 Å². The maximum absolute atomic E-state index is 12.1. The molecular formula is C17H27NO2S. The maximum atomic E-state index is 12.1. The minimum atomic E-state index is -2.93. The fourth-order valence-corrected chi connectivity index (χ4v) is 5.46. The summed E-state index contributed by atoms with van der Waals surface area (Å²) < 4.78 is 24.3. The van der Waals surface area contributed by atoms with Gasteiger partial charge in [-0.1, -0.05) is 23.8 Å². The lowest BCUT2D eigenvalue weighted by molar-refractivity contribution is 0.00125. The predicted octanol–water partition coefficient (Wildman–Crippen LogP) is 2.84. The Labute approximate surface area is 128 Å². The molecule has 0 amide bonds. The van der Waals surface area contributed by atoms with E-state index in [0.29, 0.717) is 5.41 Å². The van der Waals surface area contributed by atoms with Crippen molar-refractivity contribution < 1.29 is 8.42 Å². The minimum Gasteiger partial charge on any atom is -0.316 e. The molecule has 0 aromatic rings.